The average molecular weight is 305 g/mol. The summed E-state index contributed by atoms with van der Waals surface area (Å²) >= 11 is 0. The van der Waals surface area contributed by atoms with Gasteiger partial charge in [-0.25, -0.2) is 0 Å². The van der Waals surface area contributed by atoms with Crippen molar-refractivity contribution in [1.82, 2.24) is 4.57 Å². The topological polar surface area (TPSA) is 22.0 Å². The fraction of sp³-hybridized carbons (Fsp3) is 0.286. The molecule has 0 fully saturated rings. The number of aryl methyl sites for hydroxylation is 1. The lowest BCUT2D eigenvalue weighted by atomic mass is 10.0. The highest BCUT2D eigenvalue weighted by Gasteiger charge is 2.10. The van der Waals surface area contributed by atoms with Gasteiger partial charge in [-0.3, -0.25) is 4.79 Å². The Kier molecular flexibility index (Phi) is 4.33. The molecule has 0 saturated heterocycles. The maximum atomic E-state index is 12.5. The second-order valence-electron chi connectivity index (χ2n) is 6.39. The van der Waals surface area contributed by atoms with Crippen molar-refractivity contribution in [3.63, 3.8) is 0 Å². The molecule has 0 spiro atoms. The van der Waals surface area contributed by atoms with E-state index in [0.29, 0.717) is 12.5 Å². The van der Waals surface area contributed by atoms with Crippen LogP contribution < -0.4 is 0 Å². The molecule has 2 aromatic carbocycles. The Morgan fingerprint density at radius 2 is 1.78 bits per heavy atom. The molecule has 3 aromatic rings. The smallest absolute Gasteiger partial charge is 0.182 e. The first kappa shape index (κ1) is 15.5. The highest BCUT2D eigenvalue weighted by Crippen LogP contribution is 2.19. The number of fused-ring (bicyclic) bond motifs is 1. The molecule has 0 aliphatic carbocycles. The molecule has 0 unspecified atom stereocenters. The zero-order valence-corrected chi connectivity index (χ0v) is 14.0. The molecule has 1 aromatic heterocycles. The minimum absolute atomic E-state index is 0.150. The Hall–Kier alpha value is -2.35. The van der Waals surface area contributed by atoms with Crippen LogP contribution in [0.3, 0.4) is 0 Å². The van der Waals surface area contributed by atoms with Crippen LogP contribution in [0.4, 0.5) is 0 Å². The Balaban J connectivity index is 1.82. The Morgan fingerprint density at radius 3 is 2.43 bits per heavy atom. The number of hydrogen-bond donors (Lipinski definition) is 0. The zero-order chi connectivity index (χ0) is 16.4. The SMILES string of the molecule is CCc1ccc2c(ccn2CC(=O)c2ccc(C(C)C)cc2)c1. The molecule has 23 heavy (non-hydrogen) atoms. The predicted molar refractivity (Wildman–Crippen MR) is 96.2 cm³/mol. The minimum Gasteiger partial charge on any atom is -0.340 e. The van der Waals surface area contributed by atoms with Gasteiger partial charge in [-0.15, -0.1) is 0 Å². The number of aromatic nitrogens is 1. The average Bonchev–Trinajstić information content (AvgIpc) is 2.97. The minimum atomic E-state index is 0.150. The fourth-order valence-electron chi connectivity index (χ4n) is 2.91. The van der Waals surface area contributed by atoms with Crippen molar-refractivity contribution in [2.45, 2.75) is 39.7 Å². The fourth-order valence-corrected chi connectivity index (χ4v) is 2.91. The van der Waals surface area contributed by atoms with Crippen molar-refractivity contribution in [3.8, 4) is 0 Å². The molecule has 0 radical (unpaired) electrons. The standard InChI is InChI=1S/C21H23NO/c1-4-16-5-10-20-19(13-16)11-12-22(20)14-21(23)18-8-6-17(7-9-18)15(2)3/h5-13,15H,4,14H2,1-3H3. The van der Waals surface area contributed by atoms with Crippen molar-refractivity contribution in [1.29, 1.82) is 0 Å². The molecule has 2 heteroatoms. The van der Waals surface area contributed by atoms with Gasteiger partial charge in [-0.05, 0) is 47.1 Å². The number of carbonyl (C=O) groups is 1. The number of rotatable bonds is 5. The van der Waals surface area contributed by atoms with Crippen LogP contribution in [0, 0.1) is 0 Å². The van der Waals surface area contributed by atoms with Crippen molar-refractivity contribution in [2.75, 3.05) is 0 Å². The first-order chi connectivity index (χ1) is 11.1. The van der Waals surface area contributed by atoms with E-state index in [-0.39, 0.29) is 5.78 Å². The summed E-state index contributed by atoms with van der Waals surface area (Å²) in [6.07, 6.45) is 3.03. The largest absolute Gasteiger partial charge is 0.340 e. The maximum Gasteiger partial charge on any atom is 0.182 e. The van der Waals surface area contributed by atoms with Crippen LogP contribution in [0.1, 0.15) is 48.2 Å². The maximum absolute atomic E-state index is 12.5. The molecule has 3 rings (SSSR count). The van der Waals surface area contributed by atoms with Gasteiger partial charge in [0.05, 0.1) is 6.54 Å². The lowest BCUT2D eigenvalue weighted by Crippen LogP contribution is -2.09. The van der Waals surface area contributed by atoms with E-state index in [1.54, 1.807) is 0 Å². The molecule has 0 atom stereocenters. The molecule has 0 N–H and O–H groups in total. The third-order valence-electron chi connectivity index (χ3n) is 4.46. The van der Waals surface area contributed by atoms with Crippen LogP contribution in [-0.2, 0) is 13.0 Å². The van der Waals surface area contributed by atoms with E-state index >= 15 is 0 Å². The third kappa shape index (κ3) is 3.21. The van der Waals surface area contributed by atoms with Gasteiger partial charge in [0.25, 0.3) is 0 Å². The lowest BCUT2D eigenvalue weighted by Gasteiger charge is -2.08. The molecular formula is C21H23NO. The van der Waals surface area contributed by atoms with Crippen molar-refractivity contribution >= 4 is 16.7 Å². The van der Waals surface area contributed by atoms with Gasteiger partial charge in [0.1, 0.15) is 0 Å². The molecule has 0 aliphatic rings. The number of Topliss-reactive ketones (excluding diaryl/α,β-unsaturated/α-hetero) is 1. The van der Waals surface area contributed by atoms with Gasteiger partial charge in [0, 0.05) is 17.3 Å². The van der Waals surface area contributed by atoms with Crippen LogP contribution in [0.5, 0.6) is 0 Å². The molecular weight excluding hydrogens is 282 g/mol. The van der Waals surface area contributed by atoms with Crippen LogP contribution in [0.25, 0.3) is 10.9 Å². The number of nitrogens with zero attached hydrogens (tertiary/aromatic N) is 1. The summed E-state index contributed by atoms with van der Waals surface area (Å²) in [4.78, 5) is 12.5. The van der Waals surface area contributed by atoms with Crippen LogP contribution in [0.2, 0.25) is 0 Å². The van der Waals surface area contributed by atoms with Crippen LogP contribution in [-0.4, -0.2) is 10.4 Å². The highest BCUT2D eigenvalue weighted by atomic mass is 16.1. The molecule has 0 aliphatic heterocycles. The summed E-state index contributed by atoms with van der Waals surface area (Å²) in [6, 6.07) is 16.5. The molecule has 0 amide bonds. The van der Waals surface area contributed by atoms with Crippen LogP contribution >= 0.6 is 0 Å². The third-order valence-corrected chi connectivity index (χ3v) is 4.46. The monoisotopic (exact) mass is 305 g/mol. The second kappa shape index (κ2) is 6.41. The summed E-state index contributed by atoms with van der Waals surface area (Å²) in [5.41, 5.74) is 4.49. The number of ketones is 1. The van der Waals surface area contributed by atoms with E-state index < -0.39 is 0 Å². The number of benzene rings is 2. The van der Waals surface area contributed by atoms with Gasteiger partial charge in [-0.1, -0.05) is 51.1 Å². The van der Waals surface area contributed by atoms with Crippen molar-refractivity contribution in [3.05, 3.63) is 71.4 Å². The van der Waals surface area contributed by atoms with Gasteiger partial charge in [0.15, 0.2) is 5.78 Å². The summed E-state index contributed by atoms with van der Waals surface area (Å²) in [5.74, 6) is 0.637. The van der Waals surface area contributed by atoms with Crippen molar-refractivity contribution in [2.24, 2.45) is 0 Å². The van der Waals surface area contributed by atoms with E-state index in [1.165, 1.54) is 16.5 Å². The first-order valence-electron chi connectivity index (χ1n) is 8.29. The van der Waals surface area contributed by atoms with Gasteiger partial charge < -0.3 is 4.57 Å². The Labute approximate surface area is 137 Å². The Bertz CT molecular complexity index is 825. The van der Waals surface area contributed by atoms with E-state index in [2.05, 4.69) is 57.2 Å². The van der Waals surface area contributed by atoms with Gasteiger partial charge in [0.2, 0.25) is 0 Å². The highest BCUT2D eigenvalue weighted by molar-refractivity contribution is 5.97. The van der Waals surface area contributed by atoms with Gasteiger partial charge in [-0.2, -0.15) is 0 Å². The number of hydrogen-bond acceptors (Lipinski definition) is 1. The first-order valence-corrected chi connectivity index (χ1v) is 8.29. The summed E-state index contributed by atoms with van der Waals surface area (Å²) in [7, 11) is 0. The normalized spacial score (nSPS) is 11.3. The zero-order valence-electron chi connectivity index (χ0n) is 14.0. The molecule has 118 valence electrons. The number of carbonyl (C=O) groups excluding carboxylic acids is 1. The predicted octanol–water partition coefficient (Wildman–Crippen LogP) is 5.21. The molecule has 2 nitrogen and oxygen atoms in total. The van der Waals surface area contributed by atoms with E-state index in [0.717, 1.165) is 17.5 Å². The van der Waals surface area contributed by atoms with E-state index in [4.69, 9.17) is 0 Å². The molecule has 0 saturated carbocycles. The van der Waals surface area contributed by atoms with Gasteiger partial charge >= 0.3 is 0 Å². The summed E-state index contributed by atoms with van der Waals surface area (Å²) in [6.45, 7) is 6.86. The molecule has 1 heterocycles. The summed E-state index contributed by atoms with van der Waals surface area (Å²) in [5, 5.41) is 1.20. The second-order valence-corrected chi connectivity index (χ2v) is 6.39. The van der Waals surface area contributed by atoms with E-state index in [9.17, 15) is 4.79 Å². The molecule has 0 bridgehead atoms. The quantitative estimate of drug-likeness (QED) is 0.593. The lowest BCUT2D eigenvalue weighted by molar-refractivity contribution is 0.0973. The summed E-state index contributed by atoms with van der Waals surface area (Å²) < 4.78 is 2.04. The Morgan fingerprint density at radius 1 is 1.04 bits per heavy atom. The van der Waals surface area contributed by atoms with E-state index in [1.807, 2.05) is 22.9 Å². The van der Waals surface area contributed by atoms with Crippen molar-refractivity contribution < 1.29 is 4.79 Å². The van der Waals surface area contributed by atoms with Crippen LogP contribution in [0.15, 0.2) is 54.7 Å².